The van der Waals surface area contributed by atoms with Crippen LogP contribution in [-0.2, 0) is 23.2 Å². The van der Waals surface area contributed by atoms with E-state index in [4.69, 9.17) is 0 Å². The summed E-state index contributed by atoms with van der Waals surface area (Å²) in [4.78, 5) is 0.234. The first-order valence-electron chi connectivity index (χ1n) is 6.81. The van der Waals surface area contributed by atoms with E-state index in [1.165, 1.54) is 4.31 Å². The van der Waals surface area contributed by atoms with E-state index in [-0.39, 0.29) is 11.5 Å². The molecule has 0 aliphatic carbocycles. The van der Waals surface area contributed by atoms with Crippen LogP contribution in [0.3, 0.4) is 0 Å². The Bertz CT molecular complexity index is 561. The SMILES string of the molecule is C=C(C)CN(CC)S(=O)(=O)c1cc(CO)n(CCC)c1. The molecule has 0 saturated carbocycles. The summed E-state index contributed by atoms with van der Waals surface area (Å²) in [5, 5.41) is 9.32. The van der Waals surface area contributed by atoms with E-state index in [0.29, 0.717) is 25.3 Å². The summed E-state index contributed by atoms with van der Waals surface area (Å²) in [6.45, 7) is 10.6. The van der Waals surface area contributed by atoms with Crippen molar-refractivity contribution in [2.45, 2.75) is 45.2 Å². The quantitative estimate of drug-likeness (QED) is 0.747. The summed E-state index contributed by atoms with van der Waals surface area (Å²) < 4.78 is 28.3. The van der Waals surface area contributed by atoms with Gasteiger partial charge in [0.2, 0.25) is 10.0 Å². The molecule has 6 heteroatoms. The molecule has 0 aliphatic heterocycles. The molecule has 0 atom stereocenters. The Morgan fingerprint density at radius 3 is 2.55 bits per heavy atom. The molecule has 1 aromatic rings. The highest BCUT2D eigenvalue weighted by Crippen LogP contribution is 2.20. The van der Waals surface area contributed by atoms with Crippen molar-refractivity contribution in [2.24, 2.45) is 0 Å². The fraction of sp³-hybridized carbons (Fsp3) is 0.571. The van der Waals surface area contributed by atoms with Crippen LogP contribution in [0.4, 0.5) is 0 Å². The lowest BCUT2D eigenvalue weighted by Gasteiger charge is -2.19. The van der Waals surface area contributed by atoms with Crippen molar-refractivity contribution in [3.63, 3.8) is 0 Å². The van der Waals surface area contributed by atoms with E-state index >= 15 is 0 Å². The molecular weight excluding hydrogens is 276 g/mol. The maximum atomic E-state index is 12.6. The number of aliphatic hydroxyl groups excluding tert-OH is 1. The molecule has 0 amide bonds. The van der Waals surface area contributed by atoms with Crippen molar-refractivity contribution in [3.05, 3.63) is 30.1 Å². The summed E-state index contributed by atoms with van der Waals surface area (Å²) >= 11 is 0. The van der Waals surface area contributed by atoms with Gasteiger partial charge in [-0.2, -0.15) is 4.31 Å². The van der Waals surface area contributed by atoms with Gasteiger partial charge in [0.05, 0.1) is 6.61 Å². The van der Waals surface area contributed by atoms with Crippen molar-refractivity contribution in [1.82, 2.24) is 8.87 Å². The van der Waals surface area contributed by atoms with E-state index in [1.54, 1.807) is 30.7 Å². The second-order valence-electron chi connectivity index (χ2n) is 4.91. The first-order valence-corrected chi connectivity index (χ1v) is 8.25. The molecule has 0 spiro atoms. The van der Waals surface area contributed by atoms with Crippen LogP contribution in [0.15, 0.2) is 29.3 Å². The lowest BCUT2D eigenvalue weighted by atomic mass is 10.3. The third-order valence-corrected chi connectivity index (χ3v) is 4.91. The molecule has 5 nitrogen and oxygen atoms in total. The molecule has 0 radical (unpaired) electrons. The summed E-state index contributed by atoms with van der Waals surface area (Å²) in [5.41, 5.74) is 1.42. The van der Waals surface area contributed by atoms with Crippen molar-refractivity contribution in [1.29, 1.82) is 0 Å². The van der Waals surface area contributed by atoms with E-state index in [0.717, 1.165) is 12.0 Å². The van der Waals surface area contributed by atoms with Crippen LogP contribution in [-0.4, -0.2) is 35.5 Å². The zero-order valence-corrected chi connectivity index (χ0v) is 13.3. The smallest absolute Gasteiger partial charge is 0.244 e. The second kappa shape index (κ2) is 7.06. The highest BCUT2D eigenvalue weighted by Gasteiger charge is 2.25. The Morgan fingerprint density at radius 2 is 2.10 bits per heavy atom. The Hall–Kier alpha value is -1.11. The topological polar surface area (TPSA) is 62.5 Å². The summed E-state index contributed by atoms with van der Waals surface area (Å²) in [6.07, 6.45) is 2.48. The minimum absolute atomic E-state index is 0.165. The Balaban J connectivity index is 3.17. The highest BCUT2D eigenvalue weighted by molar-refractivity contribution is 7.89. The van der Waals surface area contributed by atoms with Gasteiger partial charge in [-0.15, -0.1) is 0 Å². The lowest BCUT2D eigenvalue weighted by Crippen LogP contribution is -2.32. The van der Waals surface area contributed by atoms with Gasteiger partial charge in [0.25, 0.3) is 0 Å². The zero-order valence-electron chi connectivity index (χ0n) is 12.5. The molecule has 0 saturated heterocycles. The molecule has 114 valence electrons. The van der Waals surface area contributed by atoms with Crippen LogP contribution in [0.5, 0.6) is 0 Å². The van der Waals surface area contributed by atoms with Gasteiger partial charge >= 0.3 is 0 Å². The maximum absolute atomic E-state index is 12.6. The fourth-order valence-electron chi connectivity index (χ4n) is 2.06. The summed E-state index contributed by atoms with van der Waals surface area (Å²) in [6, 6.07) is 1.55. The van der Waals surface area contributed by atoms with Gasteiger partial charge < -0.3 is 9.67 Å². The second-order valence-corrected chi connectivity index (χ2v) is 6.84. The first kappa shape index (κ1) is 16.9. The molecule has 0 fully saturated rings. The number of likely N-dealkylation sites (N-methyl/N-ethyl adjacent to an activating group) is 1. The molecule has 0 bridgehead atoms. The molecule has 0 unspecified atom stereocenters. The van der Waals surface area contributed by atoms with Crippen molar-refractivity contribution in [3.8, 4) is 0 Å². The number of aryl methyl sites for hydroxylation is 1. The molecule has 0 aliphatic rings. The molecular formula is C14H24N2O3S. The van der Waals surface area contributed by atoms with Crippen molar-refractivity contribution < 1.29 is 13.5 Å². The average molecular weight is 300 g/mol. The van der Waals surface area contributed by atoms with Crippen molar-refractivity contribution >= 4 is 10.0 Å². The maximum Gasteiger partial charge on any atom is 0.244 e. The zero-order chi connectivity index (χ0) is 15.3. The number of hydrogen-bond acceptors (Lipinski definition) is 3. The molecule has 1 N–H and O–H groups in total. The minimum atomic E-state index is -3.54. The van der Waals surface area contributed by atoms with Crippen LogP contribution in [0.1, 0.15) is 32.9 Å². The molecule has 1 aromatic heterocycles. The van der Waals surface area contributed by atoms with Crippen molar-refractivity contribution in [2.75, 3.05) is 13.1 Å². The fourth-order valence-corrected chi connectivity index (χ4v) is 3.64. The van der Waals surface area contributed by atoms with Crippen LogP contribution in [0, 0.1) is 0 Å². The number of rotatable bonds is 8. The standard InChI is InChI=1S/C14H24N2O3S/c1-5-7-15-10-14(8-13(15)11-17)20(18,19)16(6-2)9-12(3)4/h8,10,17H,3,5-7,9,11H2,1-2,4H3. The third-order valence-electron chi connectivity index (χ3n) is 3.02. The molecule has 20 heavy (non-hydrogen) atoms. The number of sulfonamides is 1. The minimum Gasteiger partial charge on any atom is -0.390 e. The highest BCUT2D eigenvalue weighted by atomic mass is 32.2. The predicted octanol–water partition coefficient (Wildman–Crippen LogP) is 1.98. The van der Waals surface area contributed by atoms with E-state index < -0.39 is 10.0 Å². The average Bonchev–Trinajstić information content (AvgIpc) is 2.79. The van der Waals surface area contributed by atoms with Gasteiger partial charge in [-0.05, 0) is 19.4 Å². The van der Waals surface area contributed by atoms with Crippen LogP contribution in [0.25, 0.3) is 0 Å². The summed E-state index contributed by atoms with van der Waals surface area (Å²) in [5.74, 6) is 0. The van der Waals surface area contributed by atoms with Gasteiger partial charge in [-0.1, -0.05) is 26.0 Å². The Labute approximate surface area is 121 Å². The molecule has 1 rings (SSSR count). The monoisotopic (exact) mass is 300 g/mol. The number of aliphatic hydroxyl groups is 1. The van der Waals surface area contributed by atoms with Crippen LogP contribution >= 0.6 is 0 Å². The number of hydrogen-bond donors (Lipinski definition) is 1. The van der Waals surface area contributed by atoms with E-state index in [9.17, 15) is 13.5 Å². The Morgan fingerprint density at radius 1 is 1.45 bits per heavy atom. The van der Waals surface area contributed by atoms with Gasteiger partial charge in [0.1, 0.15) is 4.90 Å². The van der Waals surface area contributed by atoms with Crippen LogP contribution in [0.2, 0.25) is 0 Å². The van der Waals surface area contributed by atoms with E-state index in [1.807, 2.05) is 6.92 Å². The first-order chi connectivity index (χ1) is 9.36. The third kappa shape index (κ3) is 3.71. The molecule has 1 heterocycles. The van der Waals surface area contributed by atoms with Gasteiger partial charge in [0, 0.05) is 31.5 Å². The number of aromatic nitrogens is 1. The lowest BCUT2D eigenvalue weighted by molar-refractivity contribution is 0.270. The Kier molecular flexibility index (Phi) is 5.98. The van der Waals surface area contributed by atoms with Crippen LogP contribution < -0.4 is 0 Å². The number of nitrogens with zero attached hydrogens (tertiary/aromatic N) is 2. The predicted molar refractivity (Wildman–Crippen MR) is 79.9 cm³/mol. The molecule has 0 aromatic carbocycles. The van der Waals surface area contributed by atoms with Gasteiger partial charge in [-0.3, -0.25) is 0 Å². The summed E-state index contributed by atoms with van der Waals surface area (Å²) in [7, 11) is -3.54. The normalized spacial score (nSPS) is 12.1. The van der Waals surface area contributed by atoms with E-state index in [2.05, 4.69) is 6.58 Å². The largest absolute Gasteiger partial charge is 0.390 e. The van der Waals surface area contributed by atoms with Gasteiger partial charge in [0.15, 0.2) is 0 Å². The van der Waals surface area contributed by atoms with Gasteiger partial charge in [-0.25, -0.2) is 8.42 Å².